The number of benzene rings is 1. The second-order valence-corrected chi connectivity index (χ2v) is 6.73. The molecule has 4 rings (SSSR count). The van der Waals surface area contributed by atoms with Crippen molar-refractivity contribution < 1.29 is 4.79 Å². The van der Waals surface area contributed by atoms with Gasteiger partial charge in [0.1, 0.15) is 0 Å². The molecule has 0 spiro atoms. The topological polar surface area (TPSA) is 45.2 Å². The van der Waals surface area contributed by atoms with E-state index in [2.05, 4.69) is 34.6 Å². The number of nitrogens with one attached hydrogen (secondary N) is 1. The second kappa shape index (κ2) is 5.78. The molecule has 0 saturated heterocycles. The van der Waals surface area contributed by atoms with E-state index in [1.54, 1.807) is 25.2 Å². The first-order chi connectivity index (χ1) is 11.7. The van der Waals surface area contributed by atoms with Crippen LogP contribution in [0.3, 0.4) is 0 Å². The number of anilines is 1. The molecule has 4 heteroatoms. The van der Waals surface area contributed by atoms with Crippen LogP contribution in [0, 0.1) is 5.92 Å². The number of pyridine rings is 1. The van der Waals surface area contributed by atoms with Gasteiger partial charge in [-0.05, 0) is 35.6 Å². The molecule has 2 heterocycles. The third-order valence-corrected chi connectivity index (χ3v) is 5.08. The average molecular weight is 319 g/mol. The number of hydrogen-bond acceptors (Lipinski definition) is 3. The molecule has 2 aromatic rings. The third-order valence-electron chi connectivity index (χ3n) is 5.08. The molecular weight excluding hydrogens is 298 g/mol. The van der Waals surface area contributed by atoms with Crippen molar-refractivity contribution in [2.24, 2.45) is 5.92 Å². The molecule has 0 fully saturated rings. The fraction of sp³-hybridized carbons (Fsp3) is 0.300. The van der Waals surface area contributed by atoms with Gasteiger partial charge >= 0.3 is 0 Å². The summed E-state index contributed by atoms with van der Waals surface area (Å²) in [6.45, 7) is 0. The van der Waals surface area contributed by atoms with Crippen LogP contribution in [0.25, 0.3) is 0 Å². The van der Waals surface area contributed by atoms with Crippen LogP contribution >= 0.6 is 0 Å². The number of para-hydroxylation sites is 1. The molecule has 1 aromatic heterocycles. The van der Waals surface area contributed by atoms with Gasteiger partial charge in [0.05, 0.1) is 17.3 Å². The van der Waals surface area contributed by atoms with E-state index in [1.165, 1.54) is 11.1 Å². The van der Waals surface area contributed by atoms with Gasteiger partial charge in [-0.3, -0.25) is 9.78 Å². The van der Waals surface area contributed by atoms with Gasteiger partial charge in [-0.2, -0.15) is 0 Å². The molecule has 0 radical (unpaired) electrons. The maximum Gasteiger partial charge on any atom is 0.255 e. The lowest BCUT2D eigenvalue weighted by Crippen LogP contribution is -2.32. The minimum atomic E-state index is 0.0321. The highest BCUT2D eigenvalue weighted by atomic mass is 16.2. The molecule has 1 aliphatic carbocycles. The van der Waals surface area contributed by atoms with Gasteiger partial charge in [-0.1, -0.05) is 30.4 Å². The Hall–Kier alpha value is -2.62. The molecule has 1 aliphatic heterocycles. The fourth-order valence-corrected chi connectivity index (χ4v) is 3.93. The van der Waals surface area contributed by atoms with E-state index in [9.17, 15) is 4.79 Å². The number of allylic oxidation sites excluding steroid dienone is 2. The van der Waals surface area contributed by atoms with Crippen molar-refractivity contribution in [2.45, 2.75) is 18.4 Å². The van der Waals surface area contributed by atoms with Gasteiger partial charge < -0.3 is 10.2 Å². The molecule has 24 heavy (non-hydrogen) atoms. The van der Waals surface area contributed by atoms with Gasteiger partial charge in [-0.15, -0.1) is 0 Å². The van der Waals surface area contributed by atoms with E-state index in [1.807, 2.05) is 24.4 Å². The monoisotopic (exact) mass is 319 g/mol. The Labute approximate surface area is 142 Å². The number of fused-ring (bicyclic) bond motifs is 3. The highest BCUT2D eigenvalue weighted by Gasteiger charge is 2.39. The molecule has 1 amide bonds. The smallest absolute Gasteiger partial charge is 0.255 e. The Bertz CT molecular complexity index is 798. The first-order valence-corrected chi connectivity index (χ1v) is 8.34. The summed E-state index contributed by atoms with van der Waals surface area (Å²) < 4.78 is 0. The van der Waals surface area contributed by atoms with Gasteiger partial charge in [-0.25, -0.2) is 0 Å². The Morgan fingerprint density at radius 3 is 2.88 bits per heavy atom. The third kappa shape index (κ3) is 2.30. The molecule has 4 nitrogen and oxygen atoms in total. The van der Waals surface area contributed by atoms with Crippen molar-refractivity contribution in [1.29, 1.82) is 0 Å². The van der Waals surface area contributed by atoms with Gasteiger partial charge in [0, 0.05) is 32.4 Å². The van der Waals surface area contributed by atoms with Crippen LogP contribution in [-0.4, -0.2) is 29.9 Å². The summed E-state index contributed by atoms with van der Waals surface area (Å²) >= 11 is 0. The van der Waals surface area contributed by atoms with Crippen LogP contribution < -0.4 is 5.32 Å². The minimum absolute atomic E-state index is 0.0321. The van der Waals surface area contributed by atoms with Crippen LogP contribution in [0.2, 0.25) is 0 Å². The van der Waals surface area contributed by atoms with Crippen LogP contribution in [0.15, 0.2) is 54.9 Å². The standard InChI is InChI=1S/C20H21N3O/c1-23(2)20(24)17-10-4-9-16-14-7-3-8-15(14)18(22-19(16)17)13-6-5-11-21-12-13/h3-7,9-12,14-15,18,22H,8H2,1-2H3. The SMILES string of the molecule is CN(C)C(=O)c1cccc2c1NC(c1cccnc1)C1CC=CC21. The summed E-state index contributed by atoms with van der Waals surface area (Å²) in [5, 5.41) is 3.66. The summed E-state index contributed by atoms with van der Waals surface area (Å²) in [6, 6.07) is 10.3. The number of carbonyl (C=O) groups is 1. The lowest BCUT2D eigenvalue weighted by Gasteiger charge is -2.38. The van der Waals surface area contributed by atoms with Crippen LogP contribution in [-0.2, 0) is 0 Å². The van der Waals surface area contributed by atoms with Crippen LogP contribution in [0.5, 0.6) is 0 Å². The maximum atomic E-state index is 12.6. The number of carbonyl (C=O) groups excluding carboxylic acids is 1. The minimum Gasteiger partial charge on any atom is -0.377 e. The summed E-state index contributed by atoms with van der Waals surface area (Å²) in [6.07, 6.45) is 9.32. The predicted octanol–water partition coefficient (Wildman–Crippen LogP) is 3.61. The van der Waals surface area contributed by atoms with Crippen molar-refractivity contribution >= 4 is 11.6 Å². The highest BCUT2D eigenvalue weighted by Crippen LogP contribution is 2.50. The Kier molecular flexibility index (Phi) is 3.60. The first kappa shape index (κ1) is 14.9. The number of aromatic nitrogens is 1. The zero-order chi connectivity index (χ0) is 16.7. The van der Waals surface area contributed by atoms with Gasteiger partial charge in [0.15, 0.2) is 0 Å². The molecule has 2 aliphatic rings. The normalized spacial score (nSPS) is 24.0. The van der Waals surface area contributed by atoms with Crippen molar-refractivity contribution in [1.82, 2.24) is 9.88 Å². The van der Waals surface area contributed by atoms with E-state index in [0.717, 1.165) is 17.7 Å². The van der Waals surface area contributed by atoms with E-state index in [-0.39, 0.29) is 11.9 Å². The zero-order valence-electron chi connectivity index (χ0n) is 13.9. The summed E-state index contributed by atoms with van der Waals surface area (Å²) in [5.41, 5.74) is 4.11. The van der Waals surface area contributed by atoms with Crippen LogP contribution in [0.4, 0.5) is 5.69 Å². The fourth-order valence-electron chi connectivity index (χ4n) is 3.93. The number of rotatable bonds is 2. The lowest BCUT2D eigenvalue weighted by atomic mass is 9.76. The summed E-state index contributed by atoms with van der Waals surface area (Å²) in [7, 11) is 3.59. The van der Waals surface area contributed by atoms with Crippen molar-refractivity contribution in [3.05, 3.63) is 71.6 Å². The van der Waals surface area contributed by atoms with Crippen molar-refractivity contribution in [3.63, 3.8) is 0 Å². The molecule has 3 atom stereocenters. The summed E-state index contributed by atoms with van der Waals surface area (Å²) in [4.78, 5) is 18.5. The van der Waals surface area contributed by atoms with Crippen LogP contribution in [0.1, 0.15) is 39.9 Å². The Balaban J connectivity index is 1.83. The average Bonchev–Trinajstić information content (AvgIpc) is 3.10. The number of amides is 1. The maximum absolute atomic E-state index is 12.6. The molecule has 122 valence electrons. The number of hydrogen-bond donors (Lipinski definition) is 1. The second-order valence-electron chi connectivity index (χ2n) is 6.73. The largest absolute Gasteiger partial charge is 0.377 e. The van der Waals surface area contributed by atoms with Gasteiger partial charge in [0.25, 0.3) is 5.91 Å². The van der Waals surface area contributed by atoms with E-state index >= 15 is 0 Å². The van der Waals surface area contributed by atoms with E-state index in [0.29, 0.717) is 11.8 Å². The zero-order valence-corrected chi connectivity index (χ0v) is 13.9. The quantitative estimate of drug-likeness (QED) is 0.860. The molecule has 0 bridgehead atoms. The Morgan fingerprint density at radius 1 is 1.25 bits per heavy atom. The van der Waals surface area contributed by atoms with E-state index in [4.69, 9.17) is 0 Å². The molecule has 1 aromatic carbocycles. The molecule has 1 N–H and O–H groups in total. The molecule has 3 unspecified atom stereocenters. The summed E-state index contributed by atoms with van der Waals surface area (Å²) in [5.74, 6) is 0.845. The highest BCUT2D eigenvalue weighted by molar-refractivity contribution is 6.00. The predicted molar refractivity (Wildman–Crippen MR) is 95.0 cm³/mol. The van der Waals surface area contributed by atoms with Gasteiger partial charge in [0.2, 0.25) is 0 Å². The Morgan fingerprint density at radius 2 is 2.12 bits per heavy atom. The number of nitrogens with zero attached hydrogens (tertiary/aromatic N) is 2. The van der Waals surface area contributed by atoms with E-state index < -0.39 is 0 Å². The first-order valence-electron chi connectivity index (χ1n) is 8.34. The molecular formula is C20H21N3O. The van der Waals surface area contributed by atoms with Crippen molar-refractivity contribution in [3.8, 4) is 0 Å². The molecule has 0 saturated carbocycles. The lowest BCUT2D eigenvalue weighted by molar-refractivity contribution is 0.0828. The van der Waals surface area contributed by atoms with Crippen molar-refractivity contribution in [2.75, 3.05) is 19.4 Å².